The minimum atomic E-state index is -0.269. The number of benzene rings is 2. The van der Waals surface area contributed by atoms with Gasteiger partial charge >= 0.3 is 0 Å². The zero-order valence-electron chi connectivity index (χ0n) is 16.2. The van der Waals surface area contributed by atoms with Gasteiger partial charge in [-0.2, -0.15) is 0 Å². The van der Waals surface area contributed by atoms with Gasteiger partial charge in [0, 0.05) is 11.3 Å². The highest BCUT2D eigenvalue weighted by Crippen LogP contribution is 2.28. The standard InChI is InChI=1S/C21H26N2O4/c1-5-16-6-9-18(10-7-16)23-21(24)14-26-22-13-17-8-11-19(27-15(2)3)20(12-17)25-4/h6-13,15H,5,14H2,1-4H3,(H,23,24)/b22-13-. The van der Waals surface area contributed by atoms with Gasteiger partial charge in [0.15, 0.2) is 18.1 Å². The average molecular weight is 370 g/mol. The first kappa shape index (κ1) is 20.3. The van der Waals surface area contributed by atoms with Gasteiger partial charge in [-0.05, 0) is 56.2 Å². The number of rotatable bonds is 9. The van der Waals surface area contributed by atoms with Crippen molar-refractivity contribution in [1.29, 1.82) is 0 Å². The van der Waals surface area contributed by atoms with Crippen molar-refractivity contribution in [3.8, 4) is 11.5 Å². The molecule has 0 heterocycles. The van der Waals surface area contributed by atoms with Crippen LogP contribution in [0.2, 0.25) is 0 Å². The van der Waals surface area contributed by atoms with Crippen molar-refractivity contribution >= 4 is 17.8 Å². The van der Waals surface area contributed by atoms with Crippen LogP contribution in [-0.2, 0) is 16.1 Å². The lowest BCUT2D eigenvalue weighted by Gasteiger charge is -2.13. The maximum Gasteiger partial charge on any atom is 0.265 e. The molecule has 0 saturated carbocycles. The Hall–Kier alpha value is -3.02. The van der Waals surface area contributed by atoms with Crippen molar-refractivity contribution < 1.29 is 19.1 Å². The summed E-state index contributed by atoms with van der Waals surface area (Å²) >= 11 is 0. The number of ether oxygens (including phenoxy) is 2. The maximum atomic E-state index is 11.9. The third kappa shape index (κ3) is 6.66. The van der Waals surface area contributed by atoms with Crippen molar-refractivity contribution in [2.75, 3.05) is 19.0 Å². The molecule has 2 aromatic carbocycles. The minimum absolute atomic E-state index is 0.0541. The number of nitrogens with zero attached hydrogens (tertiary/aromatic N) is 1. The van der Waals surface area contributed by atoms with E-state index in [2.05, 4.69) is 17.4 Å². The molecule has 0 aliphatic carbocycles. The van der Waals surface area contributed by atoms with Gasteiger partial charge < -0.3 is 19.6 Å². The Balaban J connectivity index is 1.84. The largest absolute Gasteiger partial charge is 0.493 e. The number of nitrogens with one attached hydrogen (secondary N) is 1. The number of hydrogen-bond donors (Lipinski definition) is 1. The first-order chi connectivity index (χ1) is 13.0. The Kier molecular flexibility index (Phi) is 7.67. The van der Waals surface area contributed by atoms with Gasteiger partial charge in [-0.15, -0.1) is 0 Å². The van der Waals surface area contributed by atoms with Crippen LogP contribution in [0.25, 0.3) is 0 Å². The summed E-state index contributed by atoms with van der Waals surface area (Å²) < 4.78 is 11.0. The number of carbonyl (C=O) groups excluding carboxylic acids is 1. The average Bonchev–Trinajstić information content (AvgIpc) is 2.66. The number of oxime groups is 1. The fourth-order valence-electron chi connectivity index (χ4n) is 2.33. The van der Waals surface area contributed by atoms with Crippen LogP contribution in [0.3, 0.4) is 0 Å². The smallest absolute Gasteiger partial charge is 0.265 e. The van der Waals surface area contributed by atoms with E-state index in [4.69, 9.17) is 14.3 Å². The normalized spacial score (nSPS) is 10.9. The topological polar surface area (TPSA) is 69.2 Å². The molecule has 1 N–H and O–H groups in total. The summed E-state index contributed by atoms with van der Waals surface area (Å²) in [6.45, 7) is 5.81. The predicted octanol–water partition coefficient (Wildman–Crippen LogP) is 4.03. The highest BCUT2D eigenvalue weighted by Gasteiger charge is 2.07. The molecular weight excluding hydrogens is 344 g/mol. The van der Waals surface area contributed by atoms with Crippen molar-refractivity contribution in [3.05, 3.63) is 53.6 Å². The molecule has 6 nitrogen and oxygen atoms in total. The van der Waals surface area contributed by atoms with Crippen LogP contribution in [0, 0.1) is 0 Å². The second-order valence-corrected chi connectivity index (χ2v) is 6.18. The molecule has 0 saturated heterocycles. The monoisotopic (exact) mass is 370 g/mol. The van der Waals surface area contributed by atoms with Gasteiger partial charge in [0.2, 0.25) is 0 Å². The third-order valence-electron chi connectivity index (χ3n) is 3.67. The summed E-state index contributed by atoms with van der Waals surface area (Å²) in [5, 5.41) is 6.60. The van der Waals surface area contributed by atoms with Gasteiger partial charge in [0.1, 0.15) is 0 Å². The Morgan fingerprint density at radius 3 is 2.52 bits per heavy atom. The highest BCUT2D eigenvalue weighted by molar-refractivity contribution is 5.91. The van der Waals surface area contributed by atoms with Crippen LogP contribution < -0.4 is 14.8 Å². The van der Waals surface area contributed by atoms with Crippen LogP contribution in [-0.4, -0.2) is 31.9 Å². The van der Waals surface area contributed by atoms with E-state index >= 15 is 0 Å². The Labute approximate surface area is 160 Å². The van der Waals surface area contributed by atoms with Gasteiger partial charge in [-0.25, -0.2) is 0 Å². The molecule has 0 aliphatic rings. The van der Waals surface area contributed by atoms with E-state index in [1.807, 2.05) is 50.2 Å². The molecule has 0 aromatic heterocycles. The lowest BCUT2D eigenvalue weighted by molar-refractivity contribution is -0.120. The predicted molar refractivity (Wildman–Crippen MR) is 107 cm³/mol. The molecule has 0 aliphatic heterocycles. The fourth-order valence-corrected chi connectivity index (χ4v) is 2.33. The second-order valence-electron chi connectivity index (χ2n) is 6.18. The van der Waals surface area contributed by atoms with Gasteiger partial charge in [-0.1, -0.05) is 24.2 Å². The van der Waals surface area contributed by atoms with E-state index in [1.54, 1.807) is 13.2 Å². The molecule has 0 fully saturated rings. The summed E-state index contributed by atoms with van der Waals surface area (Å²) in [6.07, 6.45) is 2.53. The summed E-state index contributed by atoms with van der Waals surface area (Å²) in [5.74, 6) is 1.01. The lowest BCUT2D eigenvalue weighted by atomic mass is 10.1. The molecule has 6 heteroatoms. The quantitative estimate of drug-likeness (QED) is 0.534. The molecule has 0 atom stereocenters. The lowest BCUT2D eigenvalue weighted by Crippen LogP contribution is -2.16. The van der Waals surface area contributed by atoms with Crippen LogP contribution in [0.15, 0.2) is 47.6 Å². The Bertz CT molecular complexity index is 770. The molecule has 0 bridgehead atoms. The van der Waals surface area contributed by atoms with E-state index in [1.165, 1.54) is 11.8 Å². The SMILES string of the molecule is CCc1ccc(NC(=O)CO/N=C\c2ccc(OC(C)C)c(OC)c2)cc1. The molecule has 144 valence electrons. The van der Waals surface area contributed by atoms with Crippen molar-refractivity contribution in [2.45, 2.75) is 33.3 Å². The molecule has 0 unspecified atom stereocenters. The molecule has 2 rings (SSSR count). The molecule has 2 aromatic rings. The van der Waals surface area contributed by atoms with Crippen molar-refractivity contribution in [3.63, 3.8) is 0 Å². The number of carbonyl (C=O) groups is 1. The fraction of sp³-hybridized carbons (Fsp3) is 0.333. The first-order valence-electron chi connectivity index (χ1n) is 8.90. The van der Waals surface area contributed by atoms with E-state index in [0.717, 1.165) is 17.7 Å². The second kappa shape index (κ2) is 10.2. The zero-order chi connectivity index (χ0) is 19.6. The summed E-state index contributed by atoms with van der Waals surface area (Å²) in [4.78, 5) is 16.9. The zero-order valence-corrected chi connectivity index (χ0v) is 16.2. The first-order valence-corrected chi connectivity index (χ1v) is 8.90. The molecule has 0 radical (unpaired) electrons. The van der Waals surface area contributed by atoms with Gasteiger partial charge in [-0.3, -0.25) is 4.79 Å². The number of amides is 1. The number of anilines is 1. The van der Waals surface area contributed by atoms with E-state index in [0.29, 0.717) is 11.5 Å². The van der Waals surface area contributed by atoms with Gasteiger partial charge in [0.25, 0.3) is 5.91 Å². The summed E-state index contributed by atoms with van der Waals surface area (Å²) in [5.41, 5.74) is 2.72. The Morgan fingerprint density at radius 1 is 1.15 bits per heavy atom. The van der Waals surface area contributed by atoms with E-state index in [9.17, 15) is 4.79 Å². The van der Waals surface area contributed by atoms with Crippen molar-refractivity contribution in [1.82, 2.24) is 0 Å². The molecular formula is C21H26N2O4. The molecule has 27 heavy (non-hydrogen) atoms. The van der Waals surface area contributed by atoms with Crippen LogP contribution in [0.4, 0.5) is 5.69 Å². The molecule has 0 spiro atoms. The highest BCUT2D eigenvalue weighted by atomic mass is 16.6. The Morgan fingerprint density at radius 2 is 1.89 bits per heavy atom. The molecule has 1 amide bonds. The number of methoxy groups -OCH3 is 1. The van der Waals surface area contributed by atoms with E-state index in [-0.39, 0.29) is 18.6 Å². The summed E-state index contributed by atoms with van der Waals surface area (Å²) in [7, 11) is 1.58. The van der Waals surface area contributed by atoms with Crippen molar-refractivity contribution in [2.24, 2.45) is 5.16 Å². The summed E-state index contributed by atoms with van der Waals surface area (Å²) in [6, 6.07) is 13.1. The number of hydrogen-bond acceptors (Lipinski definition) is 5. The third-order valence-corrected chi connectivity index (χ3v) is 3.67. The number of aryl methyl sites for hydroxylation is 1. The minimum Gasteiger partial charge on any atom is -0.493 e. The van der Waals surface area contributed by atoms with Gasteiger partial charge in [0.05, 0.1) is 19.4 Å². The van der Waals surface area contributed by atoms with Crippen LogP contribution >= 0.6 is 0 Å². The van der Waals surface area contributed by atoms with Crippen LogP contribution in [0.5, 0.6) is 11.5 Å². The van der Waals surface area contributed by atoms with E-state index < -0.39 is 0 Å². The maximum absolute atomic E-state index is 11.9. The van der Waals surface area contributed by atoms with Crippen LogP contribution in [0.1, 0.15) is 31.9 Å².